The molecule has 1 aromatic heterocycles. The van der Waals surface area contributed by atoms with E-state index in [-0.39, 0.29) is 13.2 Å². The Morgan fingerprint density at radius 1 is 1.53 bits per heavy atom. The Hall–Kier alpha value is -1.33. The molecule has 0 bridgehead atoms. The molecule has 0 aliphatic rings. The van der Waals surface area contributed by atoms with Gasteiger partial charge in [-0.2, -0.15) is 22.8 Å². The lowest BCUT2D eigenvalue weighted by molar-refractivity contribution is -0.172. The van der Waals surface area contributed by atoms with E-state index < -0.39 is 12.8 Å². The molecule has 1 N–H and O–H groups in total. The summed E-state index contributed by atoms with van der Waals surface area (Å²) in [6.45, 7) is 0.551. The first-order valence-corrected chi connectivity index (χ1v) is 5.46. The summed E-state index contributed by atoms with van der Waals surface area (Å²) in [4.78, 5) is 0. The maximum Gasteiger partial charge on any atom is 0.411 e. The lowest BCUT2D eigenvalue weighted by atomic mass is 10.3. The van der Waals surface area contributed by atoms with Crippen LogP contribution >= 0.6 is 11.5 Å². The second-order valence-electron chi connectivity index (χ2n) is 3.18. The van der Waals surface area contributed by atoms with Gasteiger partial charge in [0.05, 0.1) is 12.3 Å². The second-order valence-corrected chi connectivity index (χ2v) is 3.95. The predicted molar refractivity (Wildman–Crippen MR) is 56.9 cm³/mol. The Kier molecular flexibility index (Phi) is 4.72. The Balaban J connectivity index is 2.30. The van der Waals surface area contributed by atoms with Crippen LogP contribution in [0.15, 0.2) is 0 Å². The highest BCUT2D eigenvalue weighted by Gasteiger charge is 2.27. The van der Waals surface area contributed by atoms with Crippen LogP contribution in [0.25, 0.3) is 0 Å². The van der Waals surface area contributed by atoms with Gasteiger partial charge in [0.2, 0.25) is 0 Å². The minimum atomic E-state index is -4.31. The summed E-state index contributed by atoms with van der Waals surface area (Å²) in [7, 11) is 0. The van der Waals surface area contributed by atoms with Crippen molar-refractivity contribution in [3.8, 4) is 6.07 Å². The summed E-state index contributed by atoms with van der Waals surface area (Å²) >= 11 is 1.10. The van der Waals surface area contributed by atoms with Gasteiger partial charge in [-0.05, 0) is 18.5 Å². The maximum absolute atomic E-state index is 11.7. The number of alkyl halides is 3. The number of anilines is 1. The van der Waals surface area contributed by atoms with E-state index in [4.69, 9.17) is 5.26 Å². The Bertz CT molecular complexity index is 411. The van der Waals surface area contributed by atoms with Gasteiger partial charge in [0.1, 0.15) is 23.2 Å². The molecule has 0 aromatic carbocycles. The number of aryl methyl sites for hydroxylation is 1. The zero-order chi connectivity index (χ0) is 12.9. The lowest BCUT2D eigenvalue weighted by Gasteiger charge is -2.08. The smallest absolute Gasteiger partial charge is 0.372 e. The number of nitrogens with zero attached hydrogens (tertiary/aromatic N) is 2. The number of nitrogens with one attached hydrogen (secondary N) is 1. The number of rotatable bonds is 5. The minimum absolute atomic E-state index is 0.0820. The summed E-state index contributed by atoms with van der Waals surface area (Å²) < 4.78 is 43.6. The molecule has 1 heterocycles. The fourth-order valence-electron chi connectivity index (χ4n) is 1.05. The molecule has 17 heavy (non-hydrogen) atoms. The molecular formula is C9H10F3N3OS. The molecule has 0 radical (unpaired) electrons. The number of halogens is 3. The fraction of sp³-hybridized carbons (Fsp3) is 0.556. The van der Waals surface area contributed by atoms with Crippen LogP contribution in [0.2, 0.25) is 0 Å². The molecule has 0 aliphatic carbocycles. The summed E-state index contributed by atoms with van der Waals surface area (Å²) in [6.07, 6.45) is -4.31. The van der Waals surface area contributed by atoms with Gasteiger partial charge in [0, 0.05) is 6.54 Å². The molecule has 0 fully saturated rings. The van der Waals surface area contributed by atoms with E-state index in [0.29, 0.717) is 16.3 Å². The fourth-order valence-corrected chi connectivity index (χ4v) is 1.82. The van der Waals surface area contributed by atoms with E-state index >= 15 is 0 Å². The van der Waals surface area contributed by atoms with E-state index in [1.54, 1.807) is 6.92 Å². The number of hydrogen-bond donors (Lipinski definition) is 1. The van der Waals surface area contributed by atoms with Gasteiger partial charge >= 0.3 is 6.18 Å². The van der Waals surface area contributed by atoms with Crippen molar-refractivity contribution in [2.24, 2.45) is 0 Å². The van der Waals surface area contributed by atoms with Crippen LogP contribution in [-0.2, 0) is 4.74 Å². The SMILES string of the molecule is Cc1nsc(NCCOCC(F)(F)F)c1C#N. The monoisotopic (exact) mass is 265 g/mol. The molecule has 0 amide bonds. The first kappa shape index (κ1) is 13.7. The Morgan fingerprint density at radius 2 is 2.24 bits per heavy atom. The van der Waals surface area contributed by atoms with Crippen LogP contribution < -0.4 is 5.32 Å². The molecule has 4 nitrogen and oxygen atoms in total. The highest BCUT2D eigenvalue weighted by molar-refractivity contribution is 7.10. The van der Waals surface area contributed by atoms with Crippen molar-refractivity contribution in [1.82, 2.24) is 4.37 Å². The van der Waals surface area contributed by atoms with Gasteiger partial charge in [0.25, 0.3) is 0 Å². The molecule has 94 valence electrons. The van der Waals surface area contributed by atoms with Crippen LogP contribution in [-0.4, -0.2) is 30.3 Å². The third-order valence-electron chi connectivity index (χ3n) is 1.77. The summed E-state index contributed by atoms with van der Waals surface area (Å²) in [6, 6.07) is 1.97. The molecule has 0 saturated heterocycles. The summed E-state index contributed by atoms with van der Waals surface area (Å²) in [5.74, 6) is 0. The number of ether oxygens (including phenoxy) is 1. The van der Waals surface area contributed by atoms with Crippen LogP contribution in [0.5, 0.6) is 0 Å². The van der Waals surface area contributed by atoms with Crippen molar-refractivity contribution in [2.45, 2.75) is 13.1 Å². The molecular weight excluding hydrogens is 255 g/mol. The number of hydrogen-bond acceptors (Lipinski definition) is 5. The van der Waals surface area contributed by atoms with Gasteiger partial charge < -0.3 is 10.1 Å². The average molecular weight is 265 g/mol. The maximum atomic E-state index is 11.7. The van der Waals surface area contributed by atoms with E-state index in [9.17, 15) is 13.2 Å². The topological polar surface area (TPSA) is 57.9 Å². The lowest BCUT2D eigenvalue weighted by Crippen LogP contribution is -2.20. The van der Waals surface area contributed by atoms with Crippen LogP contribution in [0, 0.1) is 18.3 Å². The molecule has 0 spiro atoms. The molecule has 0 unspecified atom stereocenters. The third-order valence-corrected chi connectivity index (χ3v) is 2.67. The summed E-state index contributed by atoms with van der Waals surface area (Å²) in [5, 5.41) is 12.2. The molecule has 8 heteroatoms. The Morgan fingerprint density at radius 3 is 2.82 bits per heavy atom. The summed E-state index contributed by atoms with van der Waals surface area (Å²) in [5.41, 5.74) is 1.03. The average Bonchev–Trinajstić information content (AvgIpc) is 2.57. The van der Waals surface area contributed by atoms with E-state index in [1.165, 1.54) is 0 Å². The van der Waals surface area contributed by atoms with Gasteiger partial charge in [-0.15, -0.1) is 0 Å². The van der Waals surface area contributed by atoms with Crippen molar-refractivity contribution >= 4 is 16.5 Å². The third kappa shape index (κ3) is 4.58. The highest BCUT2D eigenvalue weighted by Crippen LogP contribution is 2.22. The minimum Gasteiger partial charge on any atom is -0.372 e. The standard InChI is InChI=1S/C9H10F3N3OS/c1-6-7(4-13)8(17-15-6)14-2-3-16-5-9(10,11)12/h14H,2-3,5H2,1H3. The van der Waals surface area contributed by atoms with Crippen LogP contribution in [0.4, 0.5) is 18.2 Å². The van der Waals surface area contributed by atoms with Gasteiger partial charge in [-0.3, -0.25) is 0 Å². The molecule has 1 aromatic rings. The normalized spacial score (nSPS) is 11.2. The van der Waals surface area contributed by atoms with Crippen LogP contribution in [0.1, 0.15) is 11.3 Å². The van der Waals surface area contributed by atoms with Crippen molar-refractivity contribution in [3.05, 3.63) is 11.3 Å². The van der Waals surface area contributed by atoms with Crippen molar-refractivity contribution in [2.75, 3.05) is 25.1 Å². The van der Waals surface area contributed by atoms with Crippen molar-refractivity contribution < 1.29 is 17.9 Å². The zero-order valence-corrected chi connectivity index (χ0v) is 9.78. The largest absolute Gasteiger partial charge is 0.411 e. The zero-order valence-electron chi connectivity index (χ0n) is 8.97. The van der Waals surface area contributed by atoms with E-state index in [0.717, 1.165) is 11.5 Å². The first-order chi connectivity index (χ1) is 7.94. The molecule has 0 saturated carbocycles. The molecule has 1 rings (SSSR count). The van der Waals surface area contributed by atoms with Crippen molar-refractivity contribution in [1.29, 1.82) is 5.26 Å². The quantitative estimate of drug-likeness (QED) is 0.830. The molecule has 0 atom stereocenters. The Labute approximate surface area is 100 Å². The molecule has 0 aliphatic heterocycles. The highest BCUT2D eigenvalue weighted by atomic mass is 32.1. The van der Waals surface area contributed by atoms with Crippen molar-refractivity contribution in [3.63, 3.8) is 0 Å². The van der Waals surface area contributed by atoms with E-state index in [2.05, 4.69) is 14.4 Å². The predicted octanol–water partition coefficient (Wildman–Crippen LogP) is 2.31. The van der Waals surface area contributed by atoms with Gasteiger partial charge in [-0.1, -0.05) is 0 Å². The number of aromatic nitrogens is 1. The van der Waals surface area contributed by atoms with Gasteiger partial charge in [-0.25, -0.2) is 0 Å². The van der Waals surface area contributed by atoms with Crippen LogP contribution in [0.3, 0.4) is 0 Å². The number of nitriles is 1. The second kappa shape index (κ2) is 5.84. The first-order valence-electron chi connectivity index (χ1n) is 4.69. The van der Waals surface area contributed by atoms with Gasteiger partial charge in [0.15, 0.2) is 0 Å². The van der Waals surface area contributed by atoms with E-state index in [1.807, 2.05) is 6.07 Å².